The molecular weight excluding hydrogens is 240 g/mol. The molecule has 1 unspecified atom stereocenters. The Morgan fingerprint density at radius 3 is 3.00 bits per heavy atom. The summed E-state index contributed by atoms with van der Waals surface area (Å²) in [5.74, 6) is 0.0910. The minimum atomic E-state index is -0.0321. The third-order valence-electron chi connectivity index (χ3n) is 3.54. The van der Waals surface area contributed by atoms with Crippen LogP contribution in [-0.2, 0) is 4.79 Å². The highest BCUT2D eigenvalue weighted by molar-refractivity contribution is 5.86. The number of hydrogen-bond acceptors (Lipinski definition) is 3. The van der Waals surface area contributed by atoms with Crippen LogP contribution < -0.4 is 10.6 Å². The first kappa shape index (κ1) is 13.9. The van der Waals surface area contributed by atoms with Gasteiger partial charge in [-0.25, -0.2) is 0 Å². The zero-order chi connectivity index (χ0) is 13.5. The molecular formula is C15H22N2O2. The molecule has 1 aromatic rings. The van der Waals surface area contributed by atoms with Gasteiger partial charge in [0.15, 0.2) is 0 Å². The van der Waals surface area contributed by atoms with Crippen LogP contribution in [0.1, 0.15) is 37.2 Å². The highest BCUT2D eigenvalue weighted by Gasteiger charge is 2.25. The number of fused-ring (bicyclic) bond motifs is 1. The minimum Gasteiger partial charge on any atom is -0.396 e. The molecule has 0 aromatic heterocycles. The van der Waals surface area contributed by atoms with Gasteiger partial charge < -0.3 is 15.7 Å². The highest BCUT2D eigenvalue weighted by atomic mass is 16.2. The zero-order valence-electron chi connectivity index (χ0n) is 11.2. The molecule has 1 heterocycles. The van der Waals surface area contributed by atoms with E-state index < -0.39 is 0 Å². The van der Waals surface area contributed by atoms with Crippen LogP contribution >= 0.6 is 0 Å². The number of benzene rings is 1. The van der Waals surface area contributed by atoms with E-state index >= 15 is 0 Å². The quantitative estimate of drug-likeness (QED) is 0.686. The fourth-order valence-corrected chi connectivity index (χ4v) is 2.49. The topological polar surface area (TPSA) is 61.4 Å². The van der Waals surface area contributed by atoms with Gasteiger partial charge in [0.2, 0.25) is 5.91 Å². The monoisotopic (exact) mass is 262 g/mol. The highest BCUT2D eigenvalue weighted by Crippen LogP contribution is 2.31. The SMILES string of the molecule is O=C(NCCCCCO)C1CCNc2ccccc21. The summed E-state index contributed by atoms with van der Waals surface area (Å²) in [5, 5.41) is 15.0. The lowest BCUT2D eigenvalue weighted by atomic mass is 9.90. The van der Waals surface area contributed by atoms with Crippen molar-refractivity contribution in [3.63, 3.8) is 0 Å². The minimum absolute atomic E-state index is 0.0321. The zero-order valence-corrected chi connectivity index (χ0v) is 11.2. The van der Waals surface area contributed by atoms with E-state index in [0.717, 1.165) is 43.5 Å². The molecule has 0 spiro atoms. The summed E-state index contributed by atoms with van der Waals surface area (Å²) in [5.41, 5.74) is 2.18. The molecule has 4 nitrogen and oxygen atoms in total. The van der Waals surface area contributed by atoms with Gasteiger partial charge in [-0.15, -0.1) is 0 Å². The molecule has 0 radical (unpaired) electrons. The maximum atomic E-state index is 12.2. The van der Waals surface area contributed by atoms with E-state index in [4.69, 9.17) is 5.11 Å². The van der Waals surface area contributed by atoms with Crippen molar-refractivity contribution in [3.05, 3.63) is 29.8 Å². The molecule has 1 aliphatic heterocycles. The Hall–Kier alpha value is -1.55. The molecule has 0 saturated heterocycles. The van der Waals surface area contributed by atoms with E-state index in [1.54, 1.807) is 0 Å². The number of aliphatic hydroxyl groups is 1. The van der Waals surface area contributed by atoms with Crippen LogP contribution in [0.5, 0.6) is 0 Å². The number of rotatable bonds is 6. The van der Waals surface area contributed by atoms with Gasteiger partial charge in [-0.05, 0) is 37.3 Å². The summed E-state index contributed by atoms with van der Waals surface area (Å²) in [6.07, 6.45) is 3.55. The number of aliphatic hydroxyl groups excluding tert-OH is 1. The number of nitrogens with one attached hydrogen (secondary N) is 2. The van der Waals surface area contributed by atoms with Gasteiger partial charge in [0, 0.05) is 25.4 Å². The van der Waals surface area contributed by atoms with Gasteiger partial charge in [-0.2, -0.15) is 0 Å². The standard InChI is InChI=1S/C15H22N2O2/c18-11-5-1-4-9-17-15(19)13-8-10-16-14-7-3-2-6-12(13)14/h2-3,6-7,13,16,18H,1,4-5,8-11H2,(H,17,19). The third kappa shape index (κ3) is 3.70. The predicted octanol–water partition coefficient (Wildman–Crippen LogP) is 1.86. The van der Waals surface area contributed by atoms with Crippen LogP contribution in [0.3, 0.4) is 0 Å². The van der Waals surface area contributed by atoms with Crippen molar-refractivity contribution in [2.45, 2.75) is 31.6 Å². The van der Waals surface area contributed by atoms with Crippen molar-refractivity contribution < 1.29 is 9.90 Å². The van der Waals surface area contributed by atoms with Crippen molar-refractivity contribution in [1.29, 1.82) is 0 Å². The van der Waals surface area contributed by atoms with E-state index in [1.807, 2.05) is 24.3 Å². The number of amides is 1. The number of hydrogen-bond donors (Lipinski definition) is 3. The van der Waals surface area contributed by atoms with Crippen molar-refractivity contribution in [3.8, 4) is 0 Å². The van der Waals surface area contributed by atoms with Crippen molar-refractivity contribution >= 4 is 11.6 Å². The van der Waals surface area contributed by atoms with Gasteiger partial charge in [0.25, 0.3) is 0 Å². The lowest BCUT2D eigenvalue weighted by Gasteiger charge is -2.25. The average molecular weight is 262 g/mol. The summed E-state index contributed by atoms with van der Waals surface area (Å²) < 4.78 is 0. The lowest BCUT2D eigenvalue weighted by Crippen LogP contribution is -2.33. The predicted molar refractivity (Wildman–Crippen MR) is 76.2 cm³/mol. The second-order valence-electron chi connectivity index (χ2n) is 4.93. The smallest absolute Gasteiger partial charge is 0.227 e. The van der Waals surface area contributed by atoms with Crippen LogP contribution in [-0.4, -0.2) is 30.7 Å². The summed E-state index contributed by atoms with van der Waals surface area (Å²) in [7, 11) is 0. The number of carbonyl (C=O) groups is 1. The first-order chi connectivity index (χ1) is 9.33. The second kappa shape index (κ2) is 7.14. The Labute approximate surface area is 114 Å². The molecule has 0 saturated carbocycles. The summed E-state index contributed by atoms with van der Waals surface area (Å²) in [4.78, 5) is 12.2. The van der Waals surface area contributed by atoms with Crippen molar-refractivity contribution in [2.24, 2.45) is 0 Å². The third-order valence-corrected chi connectivity index (χ3v) is 3.54. The Bertz CT molecular complexity index is 420. The summed E-state index contributed by atoms with van der Waals surface area (Å²) in [6, 6.07) is 8.02. The molecule has 0 fully saturated rings. The van der Waals surface area contributed by atoms with Crippen LogP contribution in [0.4, 0.5) is 5.69 Å². The molecule has 0 aliphatic carbocycles. The van der Waals surface area contributed by atoms with E-state index in [2.05, 4.69) is 10.6 Å². The number of unbranched alkanes of at least 4 members (excludes halogenated alkanes) is 2. The molecule has 4 heteroatoms. The molecule has 3 N–H and O–H groups in total. The lowest BCUT2D eigenvalue weighted by molar-refractivity contribution is -0.122. The number of para-hydroxylation sites is 1. The van der Waals surface area contributed by atoms with Gasteiger partial charge in [-0.1, -0.05) is 18.2 Å². The molecule has 1 aromatic carbocycles. The fourth-order valence-electron chi connectivity index (χ4n) is 2.49. The molecule has 104 valence electrons. The summed E-state index contributed by atoms with van der Waals surface area (Å²) >= 11 is 0. The Balaban J connectivity index is 1.86. The van der Waals surface area contributed by atoms with Crippen molar-refractivity contribution in [1.82, 2.24) is 5.32 Å². The Kier molecular flexibility index (Phi) is 5.21. The van der Waals surface area contributed by atoms with Gasteiger partial charge >= 0.3 is 0 Å². The molecule has 1 amide bonds. The van der Waals surface area contributed by atoms with Gasteiger partial charge in [-0.3, -0.25) is 4.79 Å². The second-order valence-corrected chi connectivity index (χ2v) is 4.93. The first-order valence-electron chi connectivity index (χ1n) is 7.04. The Morgan fingerprint density at radius 1 is 1.32 bits per heavy atom. The van der Waals surface area contributed by atoms with Gasteiger partial charge in [0.1, 0.15) is 0 Å². The van der Waals surface area contributed by atoms with Crippen LogP contribution in [0.2, 0.25) is 0 Å². The molecule has 2 rings (SSSR count). The van der Waals surface area contributed by atoms with E-state index in [-0.39, 0.29) is 18.4 Å². The van der Waals surface area contributed by atoms with Crippen LogP contribution in [0, 0.1) is 0 Å². The average Bonchev–Trinajstić information content (AvgIpc) is 2.46. The fraction of sp³-hybridized carbons (Fsp3) is 0.533. The normalized spacial score (nSPS) is 17.4. The van der Waals surface area contributed by atoms with E-state index in [9.17, 15) is 4.79 Å². The van der Waals surface area contributed by atoms with Gasteiger partial charge in [0.05, 0.1) is 5.92 Å². The maximum absolute atomic E-state index is 12.2. The molecule has 19 heavy (non-hydrogen) atoms. The molecule has 1 atom stereocenters. The summed E-state index contributed by atoms with van der Waals surface area (Å²) in [6.45, 7) is 1.78. The Morgan fingerprint density at radius 2 is 2.16 bits per heavy atom. The number of anilines is 1. The van der Waals surface area contributed by atoms with E-state index in [1.165, 1.54) is 0 Å². The molecule has 1 aliphatic rings. The first-order valence-corrected chi connectivity index (χ1v) is 7.04. The van der Waals surface area contributed by atoms with E-state index in [0.29, 0.717) is 6.54 Å². The largest absolute Gasteiger partial charge is 0.396 e. The maximum Gasteiger partial charge on any atom is 0.227 e. The van der Waals surface area contributed by atoms with Crippen LogP contribution in [0.25, 0.3) is 0 Å². The number of carbonyl (C=O) groups excluding carboxylic acids is 1. The van der Waals surface area contributed by atoms with Crippen LogP contribution in [0.15, 0.2) is 24.3 Å². The van der Waals surface area contributed by atoms with Crippen molar-refractivity contribution in [2.75, 3.05) is 25.0 Å². The molecule has 0 bridgehead atoms.